The molecule has 5 nitrogen and oxygen atoms in total. The minimum atomic E-state index is 0.138. The summed E-state index contributed by atoms with van der Waals surface area (Å²) in [4.78, 5) is 25.5. The van der Waals surface area contributed by atoms with Gasteiger partial charge in [-0.15, -0.1) is 0 Å². The maximum Gasteiger partial charge on any atom is 0.166 e. The predicted molar refractivity (Wildman–Crippen MR) is 344 cm³/mol. The van der Waals surface area contributed by atoms with E-state index in [0.29, 0.717) is 12.8 Å². The van der Waals surface area contributed by atoms with Crippen LogP contribution in [0.2, 0.25) is 0 Å². The summed E-state index contributed by atoms with van der Waals surface area (Å²) >= 11 is 0. The van der Waals surface area contributed by atoms with Crippen LogP contribution in [0.1, 0.15) is 204 Å². The number of benzene rings is 6. The monoisotopic (exact) mass is 1050 g/mol. The second kappa shape index (κ2) is 34.0. The molecule has 0 aliphatic carbocycles. The van der Waals surface area contributed by atoms with Crippen LogP contribution in [0.15, 0.2) is 151 Å². The summed E-state index contributed by atoms with van der Waals surface area (Å²) in [5.74, 6) is 0.138. The van der Waals surface area contributed by atoms with E-state index in [0.717, 1.165) is 91.0 Å². The van der Waals surface area contributed by atoms with Crippen molar-refractivity contribution in [1.29, 1.82) is 0 Å². The smallest absolute Gasteiger partial charge is 0.166 e. The van der Waals surface area contributed by atoms with Crippen LogP contribution in [0.4, 0.5) is 22.7 Å². The number of Topliss-reactive ketones (excluding diaryl/α,β-unsaturated/α-hetero) is 1. The lowest BCUT2D eigenvalue weighted by atomic mass is 9.86. The summed E-state index contributed by atoms with van der Waals surface area (Å²) in [5, 5.41) is 2.23. The van der Waals surface area contributed by atoms with E-state index in [1.54, 1.807) is 0 Å². The number of carbonyl (C=O) groups is 1. The van der Waals surface area contributed by atoms with Gasteiger partial charge in [0.25, 0.3) is 0 Å². The molecule has 0 atom stereocenters. The van der Waals surface area contributed by atoms with E-state index in [2.05, 4.69) is 215 Å². The molecule has 0 fully saturated rings. The highest BCUT2D eigenvalue weighted by Crippen LogP contribution is 2.37. The first-order valence-electron chi connectivity index (χ1n) is 31.1. The fourth-order valence-electron chi connectivity index (χ4n) is 10.8. The Labute approximate surface area is 474 Å². The van der Waals surface area contributed by atoms with Gasteiger partial charge in [0, 0.05) is 87.1 Å². The summed E-state index contributed by atoms with van der Waals surface area (Å²) in [6, 6.07) is 52.2. The molecule has 418 valence electrons. The van der Waals surface area contributed by atoms with Gasteiger partial charge in [-0.3, -0.25) is 4.79 Å². The number of rotatable bonds is 37. The highest BCUT2D eigenvalue weighted by Gasteiger charge is 2.20. The zero-order chi connectivity index (χ0) is 55.3. The van der Waals surface area contributed by atoms with Crippen molar-refractivity contribution in [2.45, 2.75) is 171 Å². The van der Waals surface area contributed by atoms with Crippen molar-refractivity contribution in [2.75, 3.05) is 72.0 Å². The first-order valence-corrected chi connectivity index (χ1v) is 31.1. The Morgan fingerprint density at radius 3 is 0.962 bits per heavy atom. The van der Waals surface area contributed by atoms with Gasteiger partial charge in [0.2, 0.25) is 0 Å². The van der Waals surface area contributed by atoms with Gasteiger partial charge in [-0.25, -0.2) is 0 Å². The molecule has 0 bridgehead atoms. The SMILES string of the molecule is CCCCN(CCCC)c1ccc(C(=CCC(CC(=O)c2ccc3ccccc3c2)=C(c2ccc(N(CCCC)CCCC)cc2)c2ccc(N(CCCC)CCCC)cc2)c2ccc(N(CCCC)CCCC)cc2)cc1. The average Bonchev–Trinajstić information content (AvgIpc) is 3.51. The standard InChI is InChI=1S/C73H100N4O/c1-9-17-49-74(50-18-10-2)67-40-31-60(32-41-67)71(61-33-42-68(43-34-61)75(51-19-11-3)52-20-12-4)48-39-66(58-72(78)65-30-29-59-27-25-26-28-64(59)57-65)73(62-35-44-69(45-36-62)76(53-21-13-5)54-22-14-6)63-37-46-70(47-38-63)77(55-23-15-7)56-24-16-8/h25-38,40-48,57H,9-24,39,49-56,58H2,1-8H3. The molecule has 0 aromatic heterocycles. The van der Waals surface area contributed by atoms with Crippen molar-refractivity contribution in [3.8, 4) is 0 Å². The lowest BCUT2D eigenvalue weighted by Crippen LogP contribution is -2.25. The van der Waals surface area contributed by atoms with E-state index >= 15 is 4.79 Å². The minimum Gasteiger partial charge on any atom is -0.372 e. The fraction of sp³-hybridized carbons (Fsp3) is 0.466. The summed E-state index contributed by atoms with van der Waals surface area (Å²) in [6.07, 6.45) is 22.2. The number of carbonyl (C=O) groups excluding carboxylic acids is 1. The Bertz CT molecular complexity index is 2530. The van der Waals surface area contributed by atoms with Gasteiger partial charge in [0.1, 0.15) is 0 Å². The van der Waals surface area contributed by atoms with Gasteiger partial charge in [0.15, 0.2) is 5.78 Å². The van der Waals surface area contributed by atoms with Crippen molar-refractivity contribution < 1.29 is 4.79 Å². The second-order valence-corrected chi connectivity index (χ2v) is 21.9. The second-order valence-electron chi connectivity index (χ2n) is 21.9. The van der Waals surface area contributed by atoms with Crippen molar-refractivity contribution in [3.63, 3.8) is 0 Å². The molecule has 0 spiro atoms. The Kier molecular flexibility index (Phi) is 26.7. The third kappa shape index (κ3) is 18.3. The molecule has 0 unspecified atom stereocenters. The van der Waals surface area contributed by atoms with Gasteiger partial charge in [0.05, 0.1) is 0 Å². The van der Waals surface area contributed by atoms with E-state index in [9.17, 15) is 0 Å². The average molecular weight is 1050 g/mol. The fourth-order valence-corrected chi connectivity index (χ4v) is 10.8. The normalized spacial score (nSPS) is 11.2. The van der Waals surface area contributed by atoms with Crippen LogP contribution in [0, 0.1) is 0 Å². The molecule has 0 saturated heterocycles. The number of anilines is 4. The van der Waals surface area contributed by atoms with Crippen molar-refractivity contribution in [2.24, 2.45) is 0 Å². The maximum absolute atomic E-state index is 15.2. The van der Waals surface area contributed by atoms with E-state index in [1.807, 2.05) is 6.07 Å². The molecule has 6 aromatic carbocycles. The molecular weight excluding hydrogens is 949 g/mol. The highest BCUT2D eigenvalue weighted by molar-refractivity contribution is 6.02. The Hall–Kier alpha value is -6.07. The van der Waals surface area contributed by atoms with Crippen LogP contribution in [0.3, 0.4) is 0 Å². The van der Waals surface area contributed by atoms with E-state index in [1.165, 1.54) is 142 Å². The molecule has 0 aliphatic rings. The molecule has 0 aliphatic heterocycles. The first-order chi connectivity index (χ1) is 38.3. The molecule has 6 rings (SSSR count). The predicted octanol–water partition coefficient (Wildman–Crippen LogP) is 20.1. The number of nitrogens with zero attached hydrogens (tertiary/aromatic N) is 4. The molecule has 78 heavy (non-hydrogen) atoms. The van der Waals surface area contributed by atoms with Crippen LogP contribution in [0.5, 0.6) is 0 Å². The number of allylic oxidation sites excluding steroid dienone is 2. The van der Waals surface area contributed by atoms with E-state index < -0.39 is 0 Å². The number of fused-ring (bicyclic) bond motifs is 1. The number of ketones is 1. The van der Waals surface area contributed by atoms with Crippen molar-refractivity contribution in [3.05, 3.63) is 179 Å². The van der Waals surface area contributed by atoms with Gasteiger partial charge in [-0.05, 0) is 157 Å². The number of hydrogen-bond acceptors (Lipinski definition) is 5. The van der Waals surface area contributed by atoms with Crippen LogP contribution >= 0.6 is 0 Å². The van der Waals surface area contributed by atoms with E-state index in [4.69, 9.17) is 0 Å². The van der Waals surface area contributed by atoms with Gasteiger partial charge < -0.3 is 19.6 Å². The largest absolute Gasteiger partial charge is 0.372 e. The zero-order valence-electron chi connectivity index (χ0n) is 49.9. The Balaban J connectivity index is 1.58. The molecule has 6 aromatic rings. The quantitative estimate of drug-likeness (QED) is 0.0363. The number of unbranched alkanes of at least 4 members (excludes halogenated alkanes) is 8. The summed E-state index contributed by atoms with van der Waals surface area (Å²) < 4.78 is 0. The van der Waals surface area contributed by atoms with Gasteiger partial charge in [-0.2, -0.15) is 0 Å². The van der Waals surface area contributed by atoms with Gasteiger partial charge in [-0.1, -0.05) is 203 Å². The Morgan fingerprint density at radius 1 is 0.346 bits per heavy atom. The molecule has 5 heteroatoms. The van der Waals surface area contributed by atoms with Crippen LogP contribution in [-0.2, 0) is 0 Å². The lowest BCUT2D eigenvalue weighted by molar-refractivity contribution is 0.0992. The topological polar surface area (TPSA) is 30.0 Å². The van der Waals surface area contributed by atoms with Crippen LogP contribution in [0.25, 0.3) is 21.9 Å². The third-order valence-corrected chi connectivity index (χ3v) is 15.7. The first kappa shape index (κ1) is 61.1. The number of hydrogen-bond donors (Lipinski definition) is 0. The third-order valence-electron chi connectivity index (χ3n) is 15.7. The van der Waals surface area contributed by atoms with E-state index in [-0.39, 0.29) is 5.78 Å². The Morgan fingerprint density at radius 2 is 0.641 bits per heavy atom. The summed E-state index contributed by atoms with van der Waals surface area (Å²) in [5.41, 5.74) is 14.0. The summed E-state index contributed by atoms with van der Waals surface area (Å²) in [6.45, 7) is 26.8. The molecule has 0 amide bonds. The lowest BCUT2D eigenvalue weighted by Gasteiger charge is -2.26. The van der Waals surface area contributed by atoms with Crippen LogP contribution < -0.4 is 19.6 Å². The molecule has 0 heterocycles. The summed E-state index contributed by atoms with van der Waals surface area (Å²) in [7, 11) is 0. The molecule has 0 saturated carbocycles. The van der Waals surface area contributed by atoms with Crippen molar-refractivity contribution >= 4 is 50.5 Å². The van der Waals surface area contributed by atoms with Crippen molar-refractivity contribution in [1.82, 2.24) is 0 Å². The van der Waals surface area contributed by atoms with Crippen LogP contribution in [-0.4, -0.2) is 58.1 Å². The molecule has 0 radical (unpaired) electrons. The zero-order valence-corrected chi connectivity index (χ0v) is 49.9. The van der Waals surface area contributed by atoms with Gasteiger partial charge >= 0.3 is 0 Å². The maximum atomic E-state index is 15.2. The minimum absolute atomic E-state index is 0.138. The molecule has 0 N–H and O–H groups in total. The molecular formula is C73H100N4O. The highest BCUT2D eigenvalue weighted by atomic mass is 16.1.